The van der Waals surface area contributed by atoms with Crippen LogP contribution >= 0.6 is 0 Å². The van der Waals surface area contributed by atoms with E-state index in [4.69, 9.17) is 0 Å². The lowest BCUT2D eigenvalue weighted by Gasteiger charge is -2.32. The maximum Gasteiger partial charge on any atom is 0.249 e. The van der Waals surface area contributed by atoms with Crippen LogP contribution in [0.4, 0.5) is 11.4 Å². The van der Waals surface area contributed by atoms with Crippen LogP contribution in [0.5, 0.6) is 0 Å². The average Bonchev–Trinajstić information content (AvgIpc) is 3.38. The van der Waals surface area contributed by atoms with Crippen molar-refractivity contribution in [3.05, 3.63) is 120 Å². The van der Waals surface area contributed by atoms with Gasteiger partial charge in [0.25, 0.3) is 0 Å². The lowest BCUT2D eigenvalue weighted by atomic mass is 10.0. The molecule has 0 fully saturated rings. The molecule has 41 heavy (non-hydrogen) atoms. The van der Waals surface area contributed by atoms with Gasteiger partial charge >= 0.3 is 0 Å². The maximum absolute atomic E-state index is 14.2. The van der Waals surface area contributed by atoms with Gasteiger partial charge in [0.15, 0.2) is 0 Å². The fourth-order valence-electron chi connectivity index (χ4n) is 4.63. The van der Waals surface area contributed by atoms with E-state index < -0.39 is 6.04 Å². The number of hydrogen-bond donors (Lipinski definition) is 2. The van der Waals surface area contributed by atoms with E-state index in [2.05, 4.69) is 20.9 Å². The Bertz CT molecular complexity index is 1660. The number of hydrogen-bond acceptors (Lipinski definition) is 5. The molecule has 1 heterocycles. The smallest absolute Gasteiger partial charge is 0.249 e. The first-order chi connectivity index (χ1) is 19.9. The van der Waals surface area contributed by atoms with E-state index in [1.165, 1.54) is 16.5 Å². The van der Waals surface area contributed by atoms with E-state index in [1.54, 1.807) is 24.3 Å². The van der Waals surface area contributed by atoms with Gasteiger partial charge < -0.3 is 10.6 Å². The molecule has 0 saturated carbocycles. The van der Waals surface area contributed by atoms with Gasteiger partial charge in [-0.2, -0.15) is 0 Å². The summed E-state index contributed by atoms with van der Waals surface area (Å²) in [4.78, 5) is 41.2. The number of aromatic nitrogens is 3. The van der Waals surface area contributed by atoms with Crippen LogP contribution in [0.3, 0.4) is 0 Å². The van der Waals surface area contributed by atoms with Gasteiger partial charge in [-0.15, -0.1) is 5.10 Å². The number of fused-ring (bicyclic) bond motifs is 1. The SMILES string of the molecule is CC(=O)Nc1ccc(N(C(=O)Cn2nnc3ccccc32)[C@H](C(=O)NCc2ccccc2)c2ccc(C)cc2)cc1. The van der Waals surface area contributed by atoms with Gasteiger partial charge in [0.2, 0.25) is 17.7 Å². The number of nitrogens with zero attached hydrogens (tertiary/aromatic N) is 4. The van der Waals surface area contributed by atoms with Crippen LogP contribution in [0.15, 0.2) is 103 Å². The van der Waals surface area contributed by atoms with Crippen LogP contribution in [0.2, 0.25) is 0 Å². The zero-order valence-corrected chi connectivity index (χ0v) is 22.8. The van der Waals surface area contributed by atoms with Crippen LogP contribution in [0.1, 0.15) is 29.7 Å². The summed E-state index contributed by atoms with van der Waals surface area (Å²) in [5.41, 5.74) is 5.08. The van der Waals surface area contributed by atoms with Crippen molar-refractivity contribution >= 4 is 40.1 Å². The van der Waals surface area contributed by atoms with Gasteiger partial charge in [-0.3, -0.25) is 19.3 Å². The Morgan fingerprint density at radius 3 is 2.24 bits per heavy atom. The quantitative estimate of drug-likeness (QED) is 0.276. The molecule has 0 aliphatic rings. The topological polar surface area (TPSA) is 109 Å². The summed E-state index contributed by atoms with van der Waals surface area (Å²) in [7, 11) is 0. The fraction of sp³-hybridized carbons (Fsp3) is 0.156. The molecule has 0 bridgehead atoms. The van der Waals surface area contributed by atoms with Crippen LogP contribution in [0, 0.1) is 6.92 Å². The molecule has 1 aromatic heterocycles. The molecular formula is C32H30N6O3. The van der Waals surface area contributed by atoms with Gasteiger partial charge in [-0.25, -0.2) is 4.68 Å². The Labute approximate surface area is 237 Å². The van der Waals surface area contributed by atoms with Crippen molar-refractivity contribution in [1.82, 2.24) is 20.3 Å². The van der Waals surface area contributed by atoms with Crippen molar-refractivity contribution in [3.8, 4) is 0 Å². The van der Waals surface area contributed by atoms with Crippen molar-refractivity contribution in [2.45, 2.75) is 33.0 Å². The maximum atomic E-state index is 14.2. The molecular weight excluding hydrogens is 516 g/mol. The van der Waals surface area contributed by atoms with E-state index in [0.717, 1.165) is 11.1 Å². The molecule has 0 aliphatic carbocycles. The van der Waals surface area contributed by atoms with Gasteiger partial charge in [0.1, 0.15) is 18.1 Å². The first-order valence-electron chi connectivity index (χ1n) is 13.3. The molecule has 206 valence electrons. The summed E-state index contributed by atoms with van der Waals surface area (Å²) in [5, 5.41) is 14.1. The molecule has 0 aliphatic heterocycles. The van der Waals surface area contributed by atoms with Crippen molar-refractivity contribution in [2.75, 3.05) is 10.2 Å². The predicted octanol–water partition coefficient (Wildman–Crippen LogP) is 4.79. The lowest BCUT2D eigenvalue weighted by Crippen LogP contribution is -2.45. The number of nitrogens with one attached hydrogen (secondary N) is 2. The summed E-state index contributed by atoms with van der Waals surface area (Å²) >= 11 is 0. The summed E-state index contributed by atoms with van der Waals surface area (Å²) in [6, 6.07) is 30.4. The highest BCUT2D eigenvalue weighted by molar-refractivity contribution is 6.02. The number of carbonyl (C=O) groups excluding carboxylic acids is 3. The Balaban J connectivity index is 1.55. The van der Waals surface area contributed by atoms with Crippen LogP contribution in [0.25, 0.3) is 11.0 Å². The van der Waals surface area contributed by atoms with E-state index in [9.17, 15) is 14.4 Å². The molecule has 0 saturated heterocycles. The van der Waals surface area contributed by atoms with Crippen molar-refractivity contribution in [3.63, 3.8) is 0 Å². The minimum atomic E-state index is -0.979. The van der Waals surface area contributed by atoms with E-state index >= 15 is 0 Å². The molecule has 0 spiro atoms. The summed E-state index contributed by atoms with van der Waals surface area (Å²) in [6.45, 7) is 3.56. The van der Waals surface area contributed by atoms with Gasteiger partial charge in [-0.05, 0) is 54.4 Å². The highest BCUT2D eigenvalue weighted by Gasteiger charge is 2.33. The second kappa shape index (κ2) is 12.3. The van der Waals surface area contributed by atoms with Crippen LogP contribution in [-0.2, 0) is 27.5 Å². The number of rotatable bonds is 9. The summed E-state index contributed by atoms with van der Waals surface area (Å²) in [6.07, 6.45) is 0. The third-order valence-corrected chi connectivity index (χ3v) is 6.65. The third kappa shape index (κ3) is 6.47. The molecule has 5 aromatic rings. The molecule has 1 atom stereocenters. The number of benzene rings is 4. The molecule has 0 radical (unpaired) electrons. The first kappa shape index (κ1) is 27.3. The van der Waals surface area contributed by atoms with Gasteiger partial charge in [-0.1, -0.05) is 77.5 Å². The zero-order chi connectivity index (χ0) is 28.8. The lowest BCUT2D eigenvalue weighted by molar-refractivity contribution is -0.127. The van der Waals surface area contributed by atoms with Gasteiger partial charge in [0.05, 0.1) is 5.52 Å². The minimum Gasteiger partial charge on any atom is -0.350 e. The normalized spacial score (nSPS) is 11.6. The van der Waals surface area contributed by atoms with E-state index in [1.807, 2.05) is 85.8 Å². The Morgan fingerprint density at radius 2 is 1.54 bits per heavy atom. The standard InChI is InChI=1S/C32H30N6O3/c1-22-12-14-25(15-13-22)31(32(41)33-20-24-8-4-3-5-9-24)38(27-18-16-26(17-19-27)34-23(2)39)30(40)21-37-29-11-7-6-10-28(29)35-36-37/h3-19,31H,20-21H2,1-2H3,(H,33,41)(H,34,39)/t31-/m0/s1. The third-order valence-electron chi connectivity index (χ3n) is 6.65. The average molecular weight is 547 g/mol. The molecule has 9 heteroatoms. The Hall–Kier alpha value is -5.31. The fourth-order valence-corrected chi connectivity index (χ4v) is 4.63. The second-order valence-corrected chi connectivity index (χ2v) is 9.74. The highest BCUT2D eigenvalue weighted by atomic mass is 16.2. The summed E-state index contributed by atoms with van der Waals surface area (Å²) < 4.78 is 1.53. The van der Waals surface area contributed by atoms with Crippen molar-refractivity contribution in [2.24, 2.45) is 0 Å². The number of amides is 3. The molecule has 9 nitrogen and oxygen atoms in total. The second-order valence-electron chi connectivity index (χ2n) is 9.74. The summed E-state index contributed by atoms with van der Waals surface area (Å²) in [5.74, 6) is -0.893. The minimum absolute atomic E-state index is 0.137. The highest BCUT2D eigenvalue weighted by Crippen LogP contribution is 2.30. The van der Waals surface area contributed by atoms with Crippen LogP contribution < -0.4 is 15.5 Å². The van der Waals surface area contributed by atoms with Gasteiger partial charge in [0, 0.05) is 24.8 Å². The molecule has 5 rings (SSSR count). The monoisotopic (exact) mass is 546 g/mol. The molecule has 0 unspecified atom stereocenters. The Morgan fingerprint density at radius 1 is 0.854 bits per heavy atom. The van der Waals surface area contributed by atoms with E-state index in [0.29, 0.717) is 34.5 Å². The molecule has 3 amide bonds. The molecule has 4 aromatic carbocycles. The number of aryl methyl sites for hydroxylation is 1. The van der Waals surface area contributed by atoms with Crippen molar-refractivity contribution < 1.29 is 14.4 Å². The van der Waals surface area contributed by atoms with E-state index in [-0.39, 0.29) is 24.3 Å². The first-order valence-corrected chi connectivity index (χ1v) is 13.3. The number of para-hydroxylation sites is 1. The largest absolute Gasteiger partial charge is 0.350 e. The van der Waals surface area contributed by atoms with Crippen molar-refractivity contribution in [1.29, 1.82) is 0 Å². The number of anilines is 2. The predicted molar refractivity (Wildman–Crippen MR) is 158 cm³/mol. The van der Waals surface area contributed by atoms with Crippen LogP contribution in [-0.4, -0.2) is 32.7 Å². The Kier molecular flexibility index (Phi) is 8.15. The number of carbonyl (C=O) groups is 3. The molecule has 2 N–H and O–H groups in total. The zero-order valence-electron chi connectivity index (χ0n) is 22.8.